The number of aliphatic carboxylic acids is 1. The Bertz CT molecular complexity index is 209. The predicted molar refractivity (Wildman–Crippen MR) is 54.0 cm³/mol. The van der Waals surface area contributed by atoms with Crippen LogP contribution in [0.1, 0.15) is 32.1 Å². The van der Waals surface area contributed by atoms with Crippen molar-refractivity contribution >= 4 is 17.7 Å². The van der Waals surface area contributed by atoms with Crippen molar-refractivity contribution in [2.75, 3.05) is 11.5 Å². The van der Waals surface area contributed by atoms with Gasteiger partial charge in [0, 0.05) is 0 Å². The summed E-state index contributed by atoms with van der Waals surface area (Å²) in [5.41, 5.74) is 0.192. The Kier molecular flexibility index (Phi) is 2.54. The van der Waals surface area contributed by atoms with Crippen molar-refractivity contribution in [1.29, 1.82) is 0 Å². The molecule has 74 valence electrons. The van der Waals surface area contributed by atoms with Crippen LogP contribution in [0.2, 0.25) is 0 Å². The molecule has 1 spiro atoms. The fourth-order valence-electron chi connectivity index (χ4n) is 2.90. The minimum atomic E-state index is -0.551. The molecule has 1 heterocycles. The monoisotopic (exact) mass is 200 g/mol. The Balaban J connectivity index is 2.13. The Hall–Kier alpha value is -0.180. The van der Waals surface area contributed by atoms with Crippen molar-refractivity contribution in [3.63, 3.8) is 0 Å². The number of carboxylic acids is 1. The molecule has 1 saturated heterocycles. The van der Waals surface area contributed by atoms with E-state index in [0.29, 0.717) is 0 Å². The van der Waals surface area contributed by atoms with Crippen LogP contribution in [0.4, 0.5) is 0 Å². The van der Waals surface area contributed by atoms with E-state index in [1.807, 2.05) is 11.8 Å². The van der Waals surface area contributed by atoms with Gasteiger partial charge in [0.15, 0.2) is 0 Å². The van der Waals surface area contributed by atoms with Crippen LogP contribution in [0, 0.1) is 11.3 Å². The zero-order valence-electron chi connectivity index (χ0n) is 7.79. The number of carbonyl (C=O) groups is 1. The number of carboxylic acid groups (broad SMARTS) is 1. The van der Waals surface area contributed by atoms with E-state index in [2.05, 4.69) is 0 Å². The van der Waals surface area contributed by atoms with E-state index in [4.69, 9.17) is 5.11 Å². The number of rotatable bonds is 1. The zero-order chi connectivity index (χ0) is 9.31. The first-order valence-corrected chi connectivity index (χ1v) is 6.21. The van der Waals surface area contributed by atoms with Gasteiger partial charge in [0.25, 0.3) is 0 Å². The molecule has 1 saturated carbocycles. The second kappa shape index (κ2) is 3.52. The molecular weight excluding hydrogens is 184 g/mol. The van der Waals surface area contributed by atoms with Gasteiger partial charge in [-0.1, -0.05) is 6.42 Å². The van der Waals surface area contributed by atoms with Gasteiger partial charge in [-0.3, -0.25) is 4.79 Å². The van der Waals surface area contributed by atoms with Crippen LogP contribution >= 0.6 is 11.8 Å². The molecule has 1 aliphatic heterocycles. The summed E-state index contributed by atoms with van der Waals surface area (Å²) in [4.78, 5) is 11.1. The van der Waals surface area contributed by atoms with Crippen molar-refractivity contribution in [1.82, 2.24) is 0 Å². The summed E-state index contributed by atoms with van der Waals surface area (Å²) < 4.78 is 0. The quantitative estimate of drug-likeness (QED) is 0.706. The van der Waals surface area contributed by atoms with Crippen molar-refractivity contribution in [2.45, 2.75) is 32.1 Å². The van der Waals surface area contributed by atoms with Crippen molar-refractivity contribution < 1.29 is 9.90 Å². The van der Waals surface area contributed by atoms with Gasteiger partial charge in [0.2, 0.25) is 0 Å². The second-order valence-corrected chi connectivity index (χ2v) is 5.48. The average Bonchev–Trinajstić information content (AvgIpc) is 2.50. The maximum atomic E-state index is 11.1. The van der Waals surface area contributed by atoms with E-state index in [0.717, 1.165) is 32.1 Å². The highest BCUT2D eigenvalue weighted by atomic mass is 32.2. The predicted octanol–water partition coefficient (Wildman–Crippen LogP) is 2.38. The molecule has 1 unspecified atom stereocenters. The van der Waals surface area contributed by atoms with E-state index in [1.165, 1.54) is 11.5 Å². The summed E-state index contributed by atoms with van der Waals surface area (Å²) in [5.74, 6) is 1.76. The molecule has 1 N–H and O–H groups in total. The van der Waals surface area contributed by atoms with Gasteiger partial charge in [0.1, 0.15) is 0 Å². The Morgan fingerprint density at radius 3 is 2.62 bits per heavy atom. The molecule has 13 heavy (non-hydrogen) atoms. The largest absolute Gasteiger partial charge is 0.481 e. The molecule has 2 aliphatic rings. The Labute approximate surface area is 83.1 Å². The van der Waals surface area contributed by atoms with Gasteiger partial charge in [-0.05, 0) is 42.6 Å². The normalized spacial score (nSPS) is 32.2. The van der Waals surface area contributed by atoms with Gasteiger partial charge < -0.3 is 5.11 Å². The molecule has 1 aliphatic carbocycles. The summed E-state index contributed by atoms with van der Waals surface area (Å²) in [5, 5.41) is 9.12. The zero-order valence-corrected chi connectivity index (χ0v) is 8.61. The third-order valence-corrected chi connectivity index (χ3v) is 4.68. The van der Waals surface area contributed by atoms with Crippen LogP contribution in [0.3, 0.4) is 0 Å². The summed E-state index contributed by atoms with van der Waals surface area (Å²) in [7, 11) is 0. The van der Waals surface area contributed by atoms with E-state index in [9.17, 15) is 4.79 Å². The molecule has 0 aromatic heterocycles. The molecule has 2 nitrogen and oxygen atoms in total. The molecule has 0 aromatic rings. The molecule has 1 atom stereocenters. The minimum Gasteiger partial charge on any atom is -0.481 e. The lowest BCUT2D eigenvalue weighted by molar-refractivity contribution is -0.145. The van der Waals surface area contributed by atoms with Gasteiger partial charge in [-0.2, -0.15) is 11.8 Å². The highest BCUT2D eigenvalue weighted by molar-refractivity contribution is 7.99. The number of thioether (sulfide) groups is 1. The van der Waals surface area contributed by atoms with Gasteiger partial charge in [-0.25, -0.2) is 0 Å². The fourth-order valence-corrected chi connectivity index (χ4v) is 4.21. The van der Waals surface area contributed by atoms with Crippen LogP contribution < -0.4 is 0 Å². The second-order valence-electron chi connectivity index (χ2n) is 4.26. The van der Waals surface area contributed by atoms with E-state index >= 15 is 0 Å². The molecule has 0 aromatic carbocycles. The first kappa shape index (κ1) is 9.38. The molecule has 0 bridgehead atoms. The van der Waals surface area contributed by atoms with Gasteiger partial charge in [0.05, 0.1) is 5.92 Å². The van der Waals surface area contributed by atoms with Crippen LogP contribution in [-0.4, -0.2) is 22.6 Å². The summed E-state index contributed by atoms with van der Waals surface area (Å²) in [6, 6.07) is 0. The lowest BCUT2D eigenvalue weighted by Crippen LogP contribution is -2.34. The van der Waals surface area contributed by atoms with Crippen LogP contribution in [-0.2, 0) is 4.79 Å². The van der Waals surface area contributed by atoms with Gasteiger partial charge >= 0.3 is 5.97 Å². The summed E-state index contributed by atoms with van der Waals surface area (Å²) in [6.45, 7) is 0. The lowest BCUT2D eigenvalue weighted by Gasteiger charge is -2.36. The minimum absolute atomic E-state index is 0.0339. The van der Waals surface area contributed by atoms with Crippen molar-refractivity contribution in [3.05, 3.63) is 0 Å². The number of hydrogen-bond donors (Lipinski definition) is 1. The lowest BCUT2D eigenvalue weighted by atomic mass is 9.73. The van der Waals surface area contributed by atoms with Crippen molar-refractivity contribution in [2.24, 2.45) is 11.3 Å². The number of hydrogen-bond acceptors (Lipinski definition) is 2. The van der Waals surface area contributed by atoms with Crippen molar-refractivity contribution in [3.8, 4) is 0 Å². The topological polar surface area (TPSA) is 37.3 Å². The maximum Gasteiger partial charge on any atom is 0.307 e. The van der Waals surface area contributed by atoms with E-state index < -0.39 is 5.97 Å². The Morgan fingerprint density at radius 1 is 1.31 bits per heavy atom. The van der Waals surface area contributed by atoms with Crippen LogP contribution in [0.5, 0.6) is 0 Å². The maximum absolute atomic E-state index is 11.1. The van der Waals surface area contributed by atoms with Crippen LogP contribution in [0.25, 0.3) is 0 Å². The van der Waals surface area contributed by atoms with E-state index in [-0.39, 0.29) is 11.3 Å². The standard InChI is InChI=1S/C10H16O2S/c11-9(12)8-2-1-3-10(8)4-6-13-7-5-10/h8H,1-7H2,(H,11,12). The van der Waals surface area contributed by atoms with E-state index in [1.54, 1.807) is 0 Å². The SMILES string of the molecule is O=C(O)C1CCCC12CCSCC2. The first-order valence-electron chi connectivity index (χ1n) is 5.05. The molecule has 2 rings (SSSR count). The first-order chi connectivity index (χ1) is 6.25. The molecule has 0 amide bonds. The molecule has 3 heteroatoms. The highest BCUT2D eigenvalue weighted by Gasteiger charge is 2.46. The summed E-state index contributed by atoms with van der Waals surface area (Å²) >= 11 is 1.98. The third-order valence-electron chi connectivity index (χ3n) is 3.69. The highest BCUT2D eigenvalue weighted by Crippen LogP contribution is 2.51. The smallest absolute Gasteiger partial charge is 0.307 e. The third kappa shape index (κ3) is 1.58. The van der Waals surface area contributed by atoms with Gasteiger partial charge in [-0.15, -0.1) is 0 Å². The van der Waals surface area contributed by atoms with Crippen LogP contribution in [0.15, 0.2) is 0 Å². The summed E-state index contributed by atoms with van der Waals surface area (Å²) in [6.07, 6.45) is 5.47. The molecule has 2 fully saturated rings. The Morgan fingerprint density at radius 2 is 2.00 bits per heavy atom. The molecular formula is C10H16O2S. The fraction of sp³-hybridized carbons (Fsp3) is 0.900. The molecule has 0 radical (unpaired) electrons. The average molecular weight is 200 g/mol.